The molecule has 0 saturated carbocycles. The van der Waals surface area contributed by atoms with E-state index in [4.69, 9.17) is 10.5 Å². The van der Waals surface area contributed by atoms with Crippen LogP contribution >= 0.6 is 0 Å². The first-order valence-electron chi connectivity index (χ1n) is 8.47. The van der Waals surface area contributed by atoms with Gasteiger partial charge in [-0.1, -0.05) is 6.92 Å². The number of ether oxygens (including phenoxy) is 1. The lowest BCUT2D eigenvalue weighted by Crippen LogP contribution is -2.44. The number of piperidine rings is 1. The summed E-state index contributed by atoms with van der Waals surface area (Å²) in [6.45, 7) is 7.27. The lowest BCUT2D eigenvalue weighted by Gasteiger charge is -2.32. The molecule has 6 nitrogen and oxygen atoms in total. The van der Waals surface area contributed by atoms with Crippen molar-refractivity contribution >= 4 is 11.8 Å². The Morgan fingerprint density at radius 2 is 1.91 bits per heavy atom. The van der Waals surface area contributed by atoms with E-state index in [2.05, 4.69) is 6.92 Å². The zero-order chi connectivity index (χ0) is 15.9. The minimum Gasteiger partial charge on any atom is -0.381 e. The number of carbonyl (C=O) groups excluding carboxylic acids is 2. The Balaban J connectivity index is 1.71. The number of hydrogen-bond donors (Lipinski definition) is 1. The predicted octanol–water partition coefficient (Wildman–Crippen LogP) is 0.459. The van der Waals surface area contributed by atoms with Gasteiger partial charge in [0.05, 0.1) is 13.2 Å². The molecule has 2 aliphatic rings. The topological polar surface area (TPSA) is 75.9 Å². The first-order chi connectivity index (χ1) is 10.6. The summed E-state index contributed by atoms with van der Waals surface area (Å²) in [7, 11) is 0. The number of rotatable bonds is 7. The van der Waals surface area contributed by atoms with E-state index in [0.29, 0.717) is 12.5 Å². The van der Waals surface area contributed by atoms with Crippen molar-refractivity contribution in [1.29, 1.82) is 0 Å². The minimum absolute atomic E-state index is 0.111. The largest absolute Gasteiger partial charge is 0.381 e. The molecule has 2 fully saturated rings. The van der Waals surface area contributed by atoms with Crippen LogP contribution in [0.1, 0.15) is 32.6 Å². The lowest BCUT2D eigenvalue weighted by molar-refractivity contribution is -0.136. The average molecular weight is 311 g/mol. The van der Waals surface area contributed by atoms with Crippen molar-refractivity contribution in [2.75, 3.05) is 45.9 Å². The second-order valence-electron chi connectivity index (χ2n) is 6.53. The highest BCUT2D eigenvalue weighted by Crippen LogP contribution is 2.24. The first-order valence-corrected chi connectivity index (χ1v) is 8.47. The molecular weight excluding hydrogens is 282 g/mol. The maximum Gasteiger partial charge on any atom is 0.231 e. The van der Waals surface area contributed by atoms with Crippen molar-refractivity contribution in [3.8, 4) is 0 Å². The number of nitrogens with two attached hydrogens (primary N) is 1. The summed E-state index contributed by atoms with van der Waals surface area (Å²) in [6, 6.07) is 0. The molecule has 0 aliphatic carbocycles. The molecule has 126 valence electrons. The Morgan fingerprint density at radius 3 is 2.55 bits per heavy atom. The zero-order valence-corrected chi connectivity index (χ0v) is 13.6. The fraction of sp³-hybridized carbons (Fsp3) is 0.875. The molecule has 0 unspecified atom stereocenters. The molecule has 2 amide bonds. The summed E-state index contributed by atoms with van der Waals surface area (Å²) in [5.74, 6) is 0.598. The molecule has 6 heteroatoms. The number of primary amides is 1. The third-order valence-electron chi connectivity index (χ3n) is 4.62. The molecule has 2 rings (SSSR count). The smallest absolute Gasteiger partial charge is 0.231 e. The molecule has 0 aromatic rings. The van der Waals surface area contributed by atoms with E-state index in [1.807, 2.05) is 9.80 Å². The van der Waals surface area contributed by atoms with Crippen LogP contribution in [0.15, 0.2) is 0 Å². The fourth-order valence-corrected chi connectivity index (χ4v) is 3.38. The van der Waals surface area contributed by atoms with Crippen LogP contribution in [-0.4, -0.2) is 67.6 Å². The van der Waals surface area contributed by atoms with E-state index >= 15 is 0 Å². The van der Waals surface area contributed by atoms with Gasteiger partial charge in [-0.15, -0.1) is 0 Å². The van der Waals surface area contributed by atoms with Gasteiger partial charge in [-0.2, -0.15) is 0 Å². The monoisotopic (exact) mass is 311 g/mol. The van der Waals surface area contributed by atoms with Crippen LogP contribution in [0.5, 0.6) is 0 Å². The predicted molar refractivity (Wildman–Crippen MR) is 84.2 cm³/mol. The molecule has 0 aromatic carbocycles. The van der Waals surface area contributed by atoms with Gasteiger partial charge >= 0.3 is 0 Å². The van der Waals surface area contributed by atoms with Gasteiger partial charge < -0.3 is 15.4 Å². The number of carbonyl (C=O) groups is 2. The van der Waals surface area contributed by atoms with Gasteiger partial charge in [-0.05, 0) is 38.8 Å². The quantitative estimate of drug-likeness (QED) is 0.693. The van der Waals surface area contributed by atoms with E-state index in [1.54, 1.807) is 0 Å². The fourth-order valence-electron chi connectivity index (χ4n) is 3.38. The number of amides is 2. The highest BCUT2D eigenvalue weighted by Gasteiger charge is 2.32. The summed E-state index contributed by atoms with van der Waals surface area (Å²) in [5, 5.41) is 0. The highest BCUT2D eigenvalue weighted by atomic mass is 16.5. The maximum absolute atomic E-state index is 12.6. The van der Waals surface area contributed by atoms with Crippen molar-refractivity contribution < 1.29 is 14.3 Å². The number of hydrogen-bond acceptors (Lipinski definition) is 4. The van der Waals surface area contributed by atoms with Crippen LogP contribution in [-0.2, 0) is 14.3 Å². The van der Waals surface area contributed by atoms with Crippen LogP contribution in [0, 0.1) is 11.8 Å². The molecular formula is C16H29N3O3. The van der Waals surface area contributed by atoms with E-state index in [9.17, 15) is 9.59 Å². The minimum atomic E-state index is -0.292. The molecule has 2 saturated heterocycles. The van der Waals surface area contributed by atoms with Gasteiger partial charge in [0.25, 0.3) is 0 Å². The van der Waals surface area contributed by atoms with Crippen molar-refractivity contribution in [2.45, 2.75) is 32.6 Å². The molecule has 2 aliphatic heterocycles. The van der Waals surface area contributed by atoms with Crippen LogP contribution in [0.4, 0.5) is 0 Å². The van der Waals surface area contributed by atoms with Gasteiger partial charge in [-0.25, -0.2) is 0 Å². The lowest BCUT2D eigenvalue weighted by atomic mass is 9.95. The second kappa shape index (κ2) is 8.48. The van der Waals surface area contributed by atoms with E-state index < -0.39 is 0 Å². The Morgan fingerprint density at radius 1 is 1.18 bits per heavy atom. The normalized spacial score (nSPS) is 23.9. The van der Waals surface area contributed by atoms with E-state index in [1.165, 1.54) is 0 Å². The molecule has 2 heterocycles. The first kappa shape index (κ1) is 17.2. The highest BCUT2D eigenvalue weighted by molar-refractivity contribution is 5.79. The van der Waals surface area contributed by atoms with E-state index in [-0.39, 0.29) is 17.7 Å². The molecule has 0 spiro atoms. The molecule has 0 bridgehead atoms. The third-order valence-corrected chi connectivity index (χ3v) is 4.62. The molecule has 22 heavy (non-hydrogen) atoms. The van der Waals surface area contributed by atoms with Gasteiger partial charge in [0, 0.05) is 31.5 Å². The van der Waals surface area contributed by atoms with Crippen LogP contribution in [0.3, 0.4) is 0 Å². The van der Waals surface area contributed by atoms with Crippen LogP contribution < -0.4 is 5.73 Å². The Kier molecular flexibility index (Phi) is 6.64. The van der Waals surface area contributed by atoms with Gasteiger partial charge in [0.1, 0.15) is 0 Å². The van der Waals surface area contributed by atoms with Crippen molar-refractivity contribution in [3.63, 3.8) is 0 Å². The van der Waals surface area contributed by atoms with E-state index in [0.717, 1.165) is 65.1 Å². The van der Waals surface area contributed by atoms with Crippen molar-refractivity contribution in [1.82, 2.24) is 9.80 Å². The van der Waals surface area contributed by atoms with Gasteiger partial charge in [0.2, 0.25) is 11.8 Å². The number of nitrogens with zero attached hydrogens (tertiary/aromatic N) is 2. The van der Waals surface area contributed by atoms with Gasteiger partial charge in [-0.3, -0.25) is 14.5 Å². The summed E-state index contributed by atoms with van der Waals surface area (Å²) >= 11 is 0. The Bertz CT molecular complexity index is 381. The summed E-state index contributed by atoms with van der Waals surface area (Å²) in [4.78, 5) is 27.6. The maximum atomic E-state index is 12.6. The zero-order valence-electron chi connectivity index (χ0n) is 13.6. The standard InChI is InChI=1S/C16H29N3O3/c1-2-9-22-12-13-3-8-19(10-13)16(21)14-4-6-18(7-5-14)11-15(17)20/h13-14H,2-12H2,1H3,(H2,17,20)/t13-/m1/s1. The summed E-state index contributed by atoms with van der Waals surface area (Å²) in [6.07, 6.45) is 3.76. The molecule has 2 N–H and O–H groups in total. The Labute approximate surface area is 132 Å². The second-order valence-corrected chi connectivity index (χ2v) is 6.53. The summed E-state index contributed by atoms with van der Waals surface area (Å²) < 4.78 is 5.60. The van der Waals surface area contributed by atoms with Crippen LogP contribution in [0.25, 0.3) is 0 Å². The van der Waals surface area contributed by atoms with Crippen molar-refractivity contribution in [3.05, 3.63) is 0 Å². The molecule has 0 radical (unpaired) electrons. The SMILES string of the molecule is CCCOC[C@@H]1CCN(C(=O)C2CCN(CC(N)=O)CC2)C1. The third kappa shape index (κ3) is 4.95. The average Bonchev–Trinajstić information content (AvgIpc) is 2.96. The number of likely N-dealkylation sites (tertiary alicyclic amines) is 2. The Hall–Kier alpha value is -1.14. The van der Waals surface area contributed by atoms with Gasteiger partial charge in [0.15, 0.2) is 0 Å². The summed E-state index contributed by atoms with van der Waals surface area (Å²) in [5.41, 5.74) is 5.21. The molecule has 1 atom stereocenters. The van der Waals surface area contributed by atoms with Crippen LogP contribution in [0.2, 0.25) is 0 Å². The molecule has 0 aromatic heterocycles. The van der Waals surface area contributed by atoms with Crippen molar-refractivity contribution in [2.24, 2.45) is 17.6 Å².